The Balaban J connectivity index is 2.92. The van der Waals surface area contributed by atoms with Gasteiger partial charge in [-0.25, -0.2) is 8.42 Å². The highest BCUT2D eigenvalue weighted by molar-refractivity contribution is 7.89. The molecule has 0 fully saturated rings. The molecule has 0 aliphatic heterocycles. The van der Waals surface area contributed by atoms with Gasteiger partial charge in [-0.1, -0.05) is 19.4 Å². The van der Waals surface area contributed by atoms with Crippen molar-refractivity contribution >= 4 is 15.9 Å². The van der Waals surface area contributed by atoms with Crippen LogP contribution in [-0.4, -0.2) is 45.4 Å². The number of hydrogen-bond donors (Lipinski definition) is 1. The van der Waals surface area contributed by atoms with Crippen molar-refractivity contribution in [3.63, 3.8) is 0 Å². The van der Waals surface area contributed by atoms with Gasteiger partial charge in [0.15, 0.2) is 0 Å². The van der Waals surface area contributed by atoms with Crippen molar-refractivity contribution in [2.75, 3.05) is 20.7 Å². The number of sulfonamides is 1. The van der Waals surface area contributed by atoms with Crippen LogP contribution in [0.1, 0.15) is 32.3 Å². The van der Waals surface area contributed by atoms with Gasteiger partial charge in [-0.3, -0.25) is 4.79 Å². The molecule has 0 aliphatic rings. The van der Waals surface area contributed by atoms with E-state index in [1.54, 1.807) is 25.1 Å². The molecule has 0 bridgehead atoms. The SMILES string of the molecule is CCCC(C)NC(=O)CN(C)S(=O)(=O)c1cc(C)ccc1OC. The molecule has 1 aromatic carbocycles. The van der Waals surface area contributed by atoms with E-state index in [9.17, 15) is 13.2 Å². The third-order valence-electron chi connectivity index (χ3n) is 3.50. The first-order chi connectivity index (χ1) is 10.7. The number of carbonyl (C=O) groups excluding carboxylic acids is 1. The van der Waals surface area contributed by atoms with Crippen molar-refractivity contribution in [3.8, 4) is 5.75 Å². The summed E-state index contributed by atoms with van der Waals surface area (Å²) in [6, 6.07) is 4.95. The molecule has 0 saturated carbocycles. The quantitative estimate of drug-likeness (QED) is 0.783. The van der Waals surface area contributed by atoms with Gasteiger partial charge in [-0.15, -0.1) is 0 Å². The minimum atomic E-state index is -3.80. The van der Waals surface area contributed by atoms with Crippen LogP contribution in [0.5, 0.6) is 5.75 Å². The molecule has 1 N–H and O–H groups in total. The molecule has 1 atom stereocenters. The number of amides is 1. The zero-order valence-electron chi connectivity index (χ0n) is 14.4. The highest BCUT2D eigenvalue weighted by Crippen LogP contribution is 2.27. The van der Waals surface area contributed by atoms with E-state index < -0.39 is 10.0 Å². The maximum atomic E-state index is 12.7. The fraction of sp³-hybridized carbons (Fsp3) is 0.562. The topological polar surface area (TPSA) is 75.7 Å². The lowest BCUT2D eigenvalue weighted by Gasteiger charge is -2.20. The third-order valence-corrected chi connectivity index (χ3v) is 5.33. The van der Waals surface area contributed by atoms with E-state index in [0.29, 0.717) is 0 Å². The summed E-state index contributed by atoms with van der Waals surface area (Å²) in [7, 11) is -0.990. The molecule has 6 nitrogen and oxygen atoms in total. The average Bonchev–Trinajstić information content (AvgIpc) is 2.47. The lowest BCUT2D eigenvalue weighted by molar-refractivity contribution is -0.121. The first-order valence-corrected chi connectivity index (χ1v) is 9.06. The fourth-order valence-corrected chi connectivity index (χ4v) is 3.63. The van der Waals surface area contributed by atoms with Crippen LogP contribution in [0.3, 0.4) is 0 Å². The molecule has 0 aliphatic carbocycles. The number of nitrogens with one attached hydrogen (secondary N) is 1. The number of rotatable bonds is 8. The molecule has 1 unspecified atom stereocenters. The molecular weight excluding hydrogens is 316 g/mol. The molecule has 1 rings (SSSR count). The number of carbonyl (C=O) groups is 1. The van der Waals surface area contributed by atoms with Crippen molar-refractivity contribution in [2.24, 2.45) is 0 Å². The molecular formula is C16H26N2O4S. The van der Waals surface area contributed by atoms with Crippen LogP contribution in [0, 0.1) is 6.92 Å². The lowest BCUT2D eigenvalue weighted by Crippen LogP contribution is -2.41. The summed E-state index contributed by atoms with van der Waals surface area (Å²) in [5.74, 6) is -0.0501. The summed E-state index contributed by atoms with van der Waals surface area (Å²) >= 11 is 0. The molecule has 7 heteroatoms. The Kier molecular flexibility index (Phi) is 7.02. The van der Waals surface area contributed by atoms with Gasteiger partial charge in [0.2, 0.25) is 15.9 Å². The fourth-order valence-electron chi connectivity index (χ4n) is 2.27. The molecule has 1 aromatic rings. The van der Waals surface area contributed by atoms with Crippen LogP contribution >= 0.6 is 0 Å². The Morgan fingerprint density at radius 1 is 1.39 bits per heavy atom. The van der Waals surface area contributed by atoms with E-state index in [1.165, 1.54) is 14.2 Å². The average molecular weight is 342 g/mol. The summed E-state index contributed by atoms with van der Waals surface area (Å²) in [5.41, 5.74) is 0.804. The van der Waals surface area contributed by atoms with E-state index in [2.05, 4.69) is 5.32 Å². The number of hydrogen-bond acceptors (Lipinski definition) is 4. The maximum Gasteiger partial charge on any atom is 0.246 e. The Morgan fingerprint density at radius 2 is 2.04 bits per heavy atom. The van der Waals surface area contributed by atoms with E-state index in [1.807, 2.05) is 13.8 Å². The summed E-state index contributed by atoms with van der Waals surface area (Å²) in [4.78, 5) is 12.1. The molecule has 130 valence electrons. The van der Waals surface area contributed by atoms with Crippen molar-refractivity contribution in [1.29, 1.82) is 0 Å². The van der Waals surface area contributed by atoms with Gasteiger partial charge in [-0.05, 0) is 38.0 Å². The molecule has 1 amide bonds. The second kappa shape index (κ2) is 8.31. The minimum Gasteiger partial charge on any atom is -0.495 e. The van der Waals surface area contributed by atoms with E-state index >= 15 is 0 Å². The van der Waals surface area contributed by atoms with Crippen molar-refractivity contribution in [3.05, 3.63) is 23.8 Å². The van der Waals surface area contributed by atoms with E-state index in [0.717, 1.165) is 22.7 Å². The second-order valence-corrected chi connectivity index (χ2v) is 7.69. The van der Waals surface area contributed by atoms with Gasteiger partial charge >= 0.3 is 0 Å². The maximum absolute atomic E-state index is 12.7. The summed E-state index contributed by atoms with van der Waals surface area (Å²) in [5, 5.41) is 2.80. The number of likely N-dealkylation sites (N-methyl/N-ethyl adjacent to an activating group) is 1. The summed E-state index contributed by atoms with van der Waals surface area (Å²) in [6.45, 7) is 5.51. The van der Waals surface area contributed by atoms with Crippen molar-refractivity contribution in [2.45, 2.75) is 44.6 Å². The molecule has 0 spiro atoms. The number of methoxy groups -OCH3 is 1. The predicted molar refractivity (Wildman–Crippen MR) is 90.1 cm³/mol. The Hall–Kier alpha value is -1.60. The van der Waals surface area contributed by atoms with Gasteiger partial charge in [0.05, 0.1) is 13.7 Å². The van der Waals surface area contributed by atoms with Crippen molar-refractivity contribution < 1.29 is 17.9 Å². The smallest absolute Gasteiger partial charge is 0.246 e. The van der Waals surface area contributed by atoms with Crippen molar-refractivity contribution in [1.82, 2.24) is 9.62 Å². The Morgan fingerprint density at radius 3 is 2.61 bits per heavy atom. The van der Waals surface area contributed by atoms with Crippen LogP contribution in [-0.2, 0) is 14.8 Å². The van der Waals surface area contributed by atoms with Gasteiger partial charge in [0, 0.05) is 13.1 Å². The molecule has 0 aromatic heterocycles. The van der Waals surface area contributed by atoms with Gasteiger partial charge in [0.1, 0.15) is 10.6 Å². The largest absolute Gasteiger partial charge is 0.495 e. The van der Waals surface area contributed by atoms with Crippen LogP contribution < -0.4 is 10.1 Å². The third kappa shape index (κ3) is 5.21. The van der Waals surface area contributed by atoms with E-state index in [4.69, 9.17) is 4.74 Å². The normalized spacial score (nSPS) is 13.0. The number of benzene rings is 1. The van der Waals surface area contributed by atoms with Crippen LogP contribution in [0.4, 0.5) is 0 Å². The lowest BCUT2D eigenvalue weighted by atomic mass is 10.2. The van der Waals surface area contributed by atoms with Gasteiger partial charge in [0.25, 0.3) is 0 Å². The zero-order chi connectivity index (χ0) is 17.6. The number of ether oxygens (including phenoxy) is 1. The Bertz CT molecular complexity index is 643. The number of aryl methyl sites for hydroxylation is 1. The highest BCUT2D eigenvalue weighted by Gasteiger charge is 2.26. The molecule has 0 radical (unpaired) electrons. The molecule has 0 saturated heterocycles. The monoisotopic (exact) mass is 342 g/mol. The summed E-state index contributed by atoms with van der Waals surface area (Å²) < 4.78 is 31.5. The van der Waals surface area contributed by atoms with Gasteiger partial charge in [-0.2, -0.15) is 4.31 Å². The van der Waals surface area contributed by atoms with Crippen LogP contribution in [0.15, 0.2) is 23.1 Å². The van der Waals surface area contributed by atoms with Crippen LogP contribution in [0.25, 0.3) is 0 Å². The first-order valence-electron chi connectivity index (χ1n) is 7.62. The molecule has 0 heterocycles. The van der Waals surface area contributed by atoms with Crippen LogP contribution in [0.2, 0.25) is 0 Å². The predicted octanol–water partition coefficient (Wildman–Crippen LogP) is 1.93. The molecule has 23 heavy (non-hydrogen) atoms. The van der Waals surface area contributed by atoms with Gasteiger partial charge < -0.3 is 10.1 Å². The second-order valence-electron chi connectivity index (χ2n) is 5.67. The minimum absolute atomic E-state index is 0.0251. The first kappa shape index (κ1) is 19.4. The highest BCUT2D eigenvalue weighted by atomic mass is 32.2. The van der Waals surface area contributed by atoms with E-state index in [-0.39, 0.29) is 29.1 Å². The standard InChI is InChI=1S/C16H26N2O4S/c1-6-7-13(3)17-16(19)11-18(4)23(20,21)15-10-12(2)8-9-14(15)22-5/h8-10,13H,6-7,11H2,1-5H3,(H,17,19). The number of nitrogens with zero attached hydrogens (tertiary/aromatic N) is 1. The Labute approximate surface area is 138 Å². The summed E-state index contributed by atoms with van der Waals surface area (Å²) in [6.07, 6.45) is 1.81. The zero-order valence-corrected chi connectivity index (χ0v) is 15.2.